The Labute approximate surface area is 190 Å². The van der Waals surface area contributed by atoms with E-state index < -0.39 is 41.0 Å². The van der Waals surface area contributed by atoms with Crippen molar-refractivity contribution in [2.75, 3.05) is 4.90 Å². The fraction of sp³-hybridized carbons (Fsp3) is 0.0833. The Hall–Kier alpha value is -3.65. The monoisotopic (exact) mass is 475 g/mol. The number of carbonyl (C=O) groups is 2. The van der Waals surface area contributed by atoms with E-state index >= 15 is 0 Å². The summed E-state index contributed by atoms with van der Waals surface area (Å²) in [6, 6.07) is 13.3. The van der Waals surface area contributed by atoms with Gasteiger partial charge in [0.15, 0.2) is 0 Å². The number of amides is 1. The maximum absolute atomic E-state index is 13.5. The van der Waals surface area contributed by atoms with Crippen LogP contribution in [0.4, 0.5) is 23.2 Å². The van der Waals surface area contributed by atoms with Crippen molar-refractivity contribution in [1.29, 1.82) is 0 Å². The molecule has 1 atom stereocenters. The van der Waals surface area contributed by atoms with Gasteiger partial charge in [-0.2, -0.15) is 13.2 Å². The van der Waals surface area contributed by atoms with Gasteiger partial charge in [0.1, 0.15) is 11.6 Å². The van der Waals surface area contributed by atoms with Crippen LogP contribution in [-0.2, 0) is 15.8 Å². The molecule has 1 aliphatic heterocycles. The molecule has 4 rings (SSSR count). The van der Waals surface area contributed by atoms with E-state index in [4.69, 9.17) is 11.6 Å². The summed E-state index contributed by atoms with van der Waals surface area (Å²) in [6.07, 6.45) is -4.68. The van der Waals surface area contributed by atoms with Gasteiger partial charge in [0.25, 0.3) is 11.7 Å². The van der Waals surface area contributed by atoms with Crippen molar-refractivity contribution >= 4 is 34.7 Å². The largest absolute Gasteiger partial charge is 0.507 e. The fourth-order valence-electron chi connectivity index (χ4n) is 3.68. The quantitative estimate of drug-likeness (QED) is 0.215. The number of aliphatic hydroxyl groups is 1. The SMILES string of the molecule is O=C1C(=O)N(c2cccc(C(F)(F)F)c2)C(c2ccc(F)cc2)/C1=C(\O)c1cccc(Cl)c1. The third-order valence-electron chi connectivity index (χ3n) is 5.18. The average Bonchev–Trinajstić information content (AvgIpc) is 3.04. The minimum Gasteiger partial charge on any atom is -0.507 e. The van der Waals surface area contributed by atoms with Gasteiger partial charge in [-0.3, -0.25) is 14.5 Å². The van der Waals surface area contributed by atoms with Crippen LogP contribution in [-0.4, -0.2) is 16.8 Å². The lowest BCUT2D eigenvalue weighted by atomic mass is 9.95. The number of Topliss-reactive ketones (excluding diaryl/α,β-unsaturated/α-hetero) is 1. The van der Waals surface area contributed by atoms with Crippen LogP contribution in [0, 0.1) is 5.82 Å². The van der Waals surface area contributed by atoms with E-state index in [1.165, 1.54) is 42.5 Å². The second-order valence-corrected chi connectivity index (χ2v) is 7.72. The summed E-state index contributed by atoms with van der Waals surface area (Å²) in [4.78, 5) is 26.8. The van der Waals surface area contributed by atoms with E-state index in [0.717, 1.165) is 35.2 Å². The lowest BCUT2D eigenvalue weighted by Gasteiger charge is -2.26. The Bertz CT molecular complexity index is 1290. The molecule has 0 saturated carbocycles. The van der Waals surface area contributed by atoms with Crippen LogP contribution < -0.4 is 4.90 Å². The molecule has 1 aliphatic rings. The molecule has 1 saturated heterocycles. The fourth-order valence-corrected chi connectivity index (χ4v) is 3.87. The number of hydrogen-bond donors (Lipinski definition) is 1. The number of anilines is 1. The zero-order chi connectivity index (χ0) is 23.9. The number of alkyl halides is 3. The number of rotatable bonds is 3. The Balaban J connectivity index is 1.95. The maximum atomic E-state index is 13.5. The van der Waals surface area contributed by atoms with Gasteiger partial charge >= 0.3 is 6.18 Å². The molecule has 1 amide bonds. The predicted molar refractivity (Wildman–Crippen MR) is 114 cm³/mol. The molecular weight excluding hydrogens is 462 g/mol. The van der Waals surface area contributed by atoms with E-state index in [1.807, 2.05) is 0 Å². The van der Waals surface area contributed by atoms with Crippen molar-refractivity contribution in [3.05, 3.63) is 106 Å². The Morgan fingerprint density at radius 2 is 1.61 bits per heavy atom. The molecule has 0 aliphatic carbocycles. The number of benzene rings is 3. The number of hydrogen-bond acceptors (Lipinski definition) is 3. The average molecular weight is 476 g/mol. The topological polar surface area (TPSA) is 57.6 Å². The first-order valence-corrected chi connectivity index (χ1v) is 9.95. The lowest BCUT2D eigenvalue weighted by molar-refractivity contribution is -0.137. The first-order chi connectivity index (χ1) is 15.6. The van der Waals surface area contributed by atoms with Crippen molar-refractivity contribution in [3.63, 3.8) is 0 Å². The van der Waals surface area contributed by atoms with Crippen LogP contribution >= 0.6 is 11.6 Å². The molecule has 0 aromatic heterocycles. The highest BCUT2D eigenvalue weighted by molar-refractivity contribution is 6.51. The van der Waals surface area contributed by atoms with E-state index in [0.29, 0.717) is 0 Å². The summed E-state index contributed by atoms with van der Waals surface area (Å²) in [6.45, 7) is 0. The minimum absolute atomic E-state index is 0.136. The van der Waals surface area contributed by atoms with Gasteiger partial charge in [-0.15, -0.1) is 0 Å². The molecule has 9 heteroatoms. The van der Waals surface area contributed by atoms with Gasteiger partial charge in [0.2, 0.25) is 0 Å². The zero-order valence-electron chi connectivity index (χ0n) is 16.6. The van der Waals surface area contributed by atoms with Crippen LogP contribution in [0.25, 0.3) is 5.76 Å². The molecule has 3 aromatic rings. The number of carbonyl (C=O) groups excluding carboxylic acids is 2. The van der Waals surface area contributed by atoms with Crippen molar-refractivity contribution in [2.24, 2.45) is 0 Å². The number of ketones is 1. The normalized spacial score (nSPS) is 18.1. The minimum atomic E-state index is -4.68. The third-order valence-corrected chi connectivity index (χ3v) is 5.41. The zero-order valence-corrected chi connectivity index (χ0v) is 17.4. The highest BCUT2D eigenvalue weighted by Gasteiger charge is 2.47. The summed E-state index contributed by atoms with van der Waals surface area (Å²) in [5, 5.41) is 11.2. The molecule has 1 N–H and O–H groups in total. The van der Waals surface area contributed by atoms with Gasteiger partial charge < -0.3 is 5.11 Å². The number of halogens is 5. The number of nitrogens with zero attached hydrogens (tertiary/aromatic N) is 1. The molecule has 0 spiro atoms. The number of aliphatic hydroxyl groups excluding tert-OH is 1. The van der Waals surface area contributed by atoms with E-state index in [1.54, 1.807) is 0 Å². The van der Waals surface area contributed by atoms with Crippen molar-refractivity contribution in [1.82, 2.24) is 0 Å². The second kappa shape index (κ2) is 8.37. The molecule has 1 heterocycles. The summed E-state index contributed by atoms with van der Waals surface area (Å²) in [7, 11) is 0. The Morgan fingerprint density at radius 3 is 2.24 bits per heavy atom. The van der Waals surface area contributed by atoms with Crippen molar-refractivity contribution < 1.29 is 32.3 Å². The maximum Gasteiger partial charge on any atom is 0.416 e. The molecule has 33 heavy (non-hydrogen) atoms. The first-order valence-electron chi connectivity index (χ1n) is 9.57. The molecule has 4 nitrogen and oxygen atoms in total. The standard InChI is InChI=1S/C24H14ClF4NO3/c25-16-5-1-3-14(11-16)21(31)19-20(13-7-9-17(26)10-8-13)30(23(33)22(19)32)18-6-2-4-15(12-18)24(27,28)29/h1-12,20,31H/b21-19+. The highest BCUT2D eigenvalue weighted by atomic mass is 35.5. The van der Waals surface area contributed by atoms with Crippen LogP contribution in [0.2, 0.25) is 5.02 Å². The molecule has 1 unspecified atom stereocenters. The van der Waals surface area contributed by atoms with Gasteiger partial charge in [-0.05, 0) is 48.0 Å². The summed E-state index contributed by atoms with van der Waals surface area (Å²) in [5.41, 5.74) is -1.22. The molecule has 168 valence electrons. The molecular formula is C24H14ClF4NO3. The Kier molecular flexibility index (Phi) is 5.71. The smallest absolute Gasteiger partial charge is 0.416 e. The van der Waals surface area contributed by atoms with Crippen LogP contribution in [0.5, 0.6) is 0 Å². The van der Waals surface area contributed by atoms with E-state index in [9.17, 15) is 32.3 Å². The highest BCUT2D eigenvalue weighted by Crippen LogP contribution is 2.43. The van der Waals surface area contributed by atoms with Crippen LogP contribution in [0.3, 0.4) is 0 Å². The first kappa shape index (κ1) is 22.5. The van der Waals surface area contributed by atoms with Gasteiger partial charge in [0.05, 0.1) is 17.2 Å². The summed E-state index contributed by atoms with van der Waals surface area (Å²) in [5.74, 6) is -3.38. The van der Waals surface area contributed by atoms with Crippen molar-refractivity contribution in [2.45, 2.75) is 12.2 Å². The third kappa shape index (κ3) is 4.21. The van der Waals surface area contributed by atoms with E-state index in [2.05, 4.69) is 0 Å². The van der Waals surface area contributed by atoms with Gasteiger partial charge in [0, 0.05) is 16.3 Å². The summed E-state index contributed by atoms with van der Waals surface area (Å²) >= 11 is 5.97. The van der Waals surface area contributed by atoms with E-state index in [-0.39, 0.29) is 27.4 Å². The molecule has 1 fully saturated rings. The molecule has 3 aromatic carbocycles. The molecule has 0 bridgehead atoms. The van der Waals surface area contributed by atoms with Gasteiger partial charge in [-0.1, -0.05) is 41.9 Å². The predicted octanol–water partition coefficient (Wildman–Crippen LogP) is 6.12. The van der Waals surface area contributed by atoms with Crippen LogP contribution in [0.1, 0.15) is 22.7 Å². The van der Waals surface area contributed by atoms with Gasteiger partial charge in [-0.25, -0.2) is 4.39 Å². The molecule has 0 radical (unpaired) electrons. The lowest BCUT2D eigenvalue weighted by Crippen LogP contribution is -2.29. The van der Waals surface area contributed by atoms with Crippen molar-refractivity contribution in [3.8, 4) is 0 Å². The Morgan fingerprint density at radius 1 is 0.939 bits per heavy atom. The summed E-state index contributed by atoms with van der Waals surface area (Å²) < 4.78 is 53.4. The second-order valence-electron chi connectivity index (χ2n) is 7.28. The van der Waals surface area contributed by atoms with Crippen LogP contribution in [0.15, 0.2) is 78.4 Å².